The Labute approximate surface area is 124 Å². The Hall–Kier alpha value is -2.20. The zero-order chi connectivity index (χ0) is 14.7. The van der Waals surface area contributed by atoms with Gasteiger partial charge in [-0.3, -0.25) is 0 Å². The number of aromatic nitrogens is 3. The van der Waals surface area contributed by atoms with Gasteiger partial charge in [0.1, 0.15) is 11.3 Å². The third-order valence-corrected chi connectivity index (χ3v) is 3.81. The Kier molecular flexibility index (Phi) is 3.97. The van der Waals surface area contributed by atoms with Gasteiger partial charge in [-0.25, -0.2) is 9.97 Å². The fourth-order valence-electron chi connectivity index (χ4n) is 2.68. The van der Waals surface area contributed by atoms with Gasteiger partial charge in [0.15, 0.2) is 5.65 Å². The lowest BCUT2D eigenvalue weighted by molar-refractivity contribution is 0.608. The molecule has 0 saturated heterocycles. The molecule has 3 rings (SSSR count). The topological polar surface area (TPSA) is 56.7 Å². The molecule has 2 aromatic heterocycles. The van der Waals surface area contributed by atoms with E-state index in [9.17, 15) is 0 Å². The summed E-state index contributed by atoms with van der Waals surface area (Å²) in [6, 6.07) is 14.2. The van der Waals surface area contributed by atoms with E-state index in [1.807, 2.05) is 36.5 Å². The van der Waals surface area contributed by atoms with Crippen LogP contribution >= 0.6 is 0 Å². The first kappa shape index (κ1) is 13.8. The minimum atomic E-state index is 0.0456. The highest BCUT2D eigenvalue weighted by atomic mass is 15.1. The number of rotatable bonds is 5. The quantitative estimate of drug-likeness (QED) is 0.781. The molecule has 2 heterocycles. The molecule has 0 bridgehead atoms. The first-order valence-electron chi connectivity index (χ1n) is 7.40. The maximum atomic E-state index is 6.28. The number of hydrogen-bond acceptors (Lipinski definition) is 3. The van der Waals surface area contributed by atoms with Crippen molar-refractivity contribution in [3.05, 3.63) is 60.0 Å². The van der Waals surface area contributed by atoms with Gasteiger partial charge in [0.05, 0.1) is 0 Å². The molecule has 4 nitrogen and oxygen atoms in total. The van der Waals surface area contributed by atoms with Crippen LogP contribution in [0.15, 0.2) is 48.7 Å². The van der Waals surface area contributed by atoms with Gasteiger partial charge >= 0.3 is 0 Å². The van der Waals surface area contributed by atoms with Gasteiger partial charge in [0.2, 0.25) is 0 Å². The molecule has 21 heavy (non-hydrogen) atoms. The van der Waals surface area contributed by atoms with E-state index in [0.717, 1.165) is 36.4 Å². The van der Waals surface area contributed by atoms with Gasteiger partial charge in [-0.2, -0.15) is 0 Å². The number of fused-ring (bicyclic) bond motifs is 1. The lowest BCUT2D eigenvalue weighted by Crippen LogP contribution is -2.13. The molecule has 0 fully saturated rings. The van der Waals surface area contributed by atoms with Crippen LogP contribution in [0.5, 0.6) is 0 Å². The number of imidazole rings is 1. The molecule has 0 spiro atoms. The summed E-state index contributed by atoms with van der Waals surface area (Å²) in [5, 5.41) is 0. The zero-order valence-corrected chi connectivity index (χ0v) is 12.2. The normalized spacial score (nSPS) is 12.7. The summed E-state index contributed by atoms with van der Waals surface area (Å²) >= 11 is 0. The SMILES string of the molecule is CCn1c(CCC(N)c2ccccc2)nc2cccnc21. The third kappa shape index (κ3) is 2.81. The minimum absolute atomic E-state index is 0.0456. The first-order valence-corrected chi connectivity index (χ1v) is 7.40. The number of benzene rings is 1. The molecule has 0 amide bonds. The van der Waals surface area contributed by atoms with E-state index < -0.39 is 0 Å². The number of nitrogens with zero attached hydrogens (tertiary/aromatic N) is 3. The van der Waals surface area contributed by atoms with Crippen molar-refractivity contribution < 1.29 is 0 Å². The van der Waals surface area contributed by atoms with Crippen LogP contribution in [0.3, 0.4) is 0 Å². The summed E-state index contributed by atoms with van der Waals surface area (Å²) in [7, 11) is 0. The Bertz CT molecular complexity index is 718. The highest BCUT2D eigenvalue weighted by molar-refractivity contribution is 5.71. The maximum Gasteiger partial charge on any atom is 0.159 e. The molecule has 0 radical (unpaired) electrons. The van der Waals surface area contributed by atoms with Gasteiger partial charge in [0.25, 0.3) is 0 Å². The van der Waals surface area contributed by atoms with Crippen molar-refractivity contribution in [2.45, 2.75) is 32.4 Å². The lowest BCUT2D eigenvalue weighted by Gasteiger charge is -2.12. The standard InChI is InChI=1S/C17H20N4/c1-2-21-16(20-15-9-6-12-19-17(15)21)11-10-14(18)13-7-4-3-5-8-13/h3-9,12,14H,2,10-11,18H2,1H3. The molecule has 4 heteroatoms. The molecule has 108 valence electrons. The maximum absolute atomic E-state index is 6.28. The van der Waals surface area contributed by atoms with E-state index in [1.165, 1.54) is 5.56 Å². The van der Waals surface area contributed by atoms with E-state index in [-0.39, 0.29) is 6.04 Å². The van der Waals surface area contributed by atoms with Crippen LogP contribution in [0.2, 0.25) is 0 Å². The van der Waals surface area contributed by atoms with Crippen LogP contribution in [-0.2, 0) is 13.0 Å². The number of aryl methyl sites for hydroxylation is 2. The van der Waals surface area contributed by atoms with Crippen LogP contribution in [0.25, 0.3) is 11.2 Å². The summed E-state index contributed by atoms with van der Waals surface area (Å²) in [4.78, 5) is 9.12. The fraction of sp³-hybridized carbons (Fsp3) is 0.294. The highest BCUT2D eigenvalue weighted by Crippen LogP contribution is 2.19. The van der Waals surface area contributed by atoms with Gasteiger partial charge < -0.3 is 10.3 Å². The minimum Gasteiger partial charge on any atom is -0.324 e. The Balaban J connectivity index is 1.79. The predicted octanol–water partition coefficient (Wildman–Crippen LogP) is 3.08. The molecular formula is C17H20N4. The van der Waals surface area contributed by atoms with E-state index in [4.69, 9.17) is 10.7 Å². The van der Waals surface area contributed by atoms with Crippen LogP contribution in [-0.4, -0.2) is 14.5 Å². The Morgan fingerprint density at radius 2 is 1.95 bits per heavy atom. The fourth-order valence-corrected chi connectivity index (χ4v) is 2.68. The molecule has 3 aromatic rings. The Morgan fingerprint density at radius 3 is 2.71 bits per heavy atom. The van der Waals surface area contributed by atoms with Crippen LogP contribution in [0, 0.1) is 0 Å². The predicted molar refractivity (Wildman–Crippen MR) is 84.9 cm³/mol. The summed E-state index contributed by atoms with van der Waals surface area (Å²) in [5.74, 6) is 1.07. The number of pyridine rings is 1. The van der Waals surface area contributed by atoms with Crippen molar-refractivity contribution in [2.24, 2.45) is 5.73 Å². The van der Waals surface area contributed by atoms with E-state index in [0.29, 0.717) is 0 Å². The lowest BCUT2D eigenvalue weighted by atomic mass is 10.0. The third-order valence-electron chi connectivity index (χ3n) is 3.81. The second kappa shape index (κ2) is 6.06. The first-order chi connectivity index (χ1) is 10.3. The summed E-state index contributed by atoms with van der Waals surface area (Å²) in [6.07, 6.45) is 3.56. The molecular weight excluding hydrogens is 260 g/mol. The monoisotopic (exact) mass is 280 g/mol. The molecule has 1 unspecified atom stereocenters. The second-order valence-corrected chi connectivity index (χ2v) is 5.17. The largest absolute Gasteiger partial charge is 0.324 e. The van der Waals surface area contributed by atoms with Crippen LogP contribution in [0.4, 0.5) is 0 Å². The molecule has 0 aliphatic heterocycles. The van der Waals surface area contributed by atoms with Crippen molar-refractivity contribution >= 4 is 11.2 Å². The van der Waals surface area contributed by atoms with Crippen LogP contribution in [0.1, 0.15) is 30.8 Å². The van der Waals surface area contributed by atoms with Crippen LogP contribution < -0.4 is 5.73 Å². The molecule has 0 saturated carbocycles. The van der Waals surface area contributed by atoms with E-state index >= 15 is 0 Å². The van der Waals surface area contributed by atoms with Gasteiger partial charge in [-0.05, 0) is 31.0 Å². The summed E-state index contributed by atoms with van der Waals surface area (Å²) in [5.41, 5.74) is 9.37. The van der Waals surface area contributed by atoms with E-state index in [2.05, 4.69) is 28.6 Å². The van der Waals surface area contributed by atoms with Crippen molar-refractivity contribution in [1.82, 2.24) is 14.5 Å². The zero-order valence-electron chi connectivity index (χ0n) is 12.2. The smallest absolute Gasteiger partial charge is 0.159 e. The molecule has 1 atom stereocenters. The highest BCUT2D eigenvalue weighted by Gasteiger charge is 2.12. The number of nitrogens with two attached hydrogens (primary N) is 1. The average Bonchev–Trinajstić information content (AvgIpc) is 2.91. The molecule has 2 N–H and O–H groups in total. The van der Waals surface area contributed by atoms with Crippen molar-refractivity contribution in [3.8, 4) is 0 Å². The molecule has 0 aliphatic carbocycles. The summed E-state index contributed by atoms with van der Waals surface area (Å²) in [6.45, 7) is 3.00. The van der Waals surface area contributed by atoms with E-state index in [1.54, 1.807) is 0 Å². The van der Waals surface area contributed by atoms with Gasteiger partial charge in [0, 0.05) is 25.2 Å². The Morgan fingerprint density at radius 1 is 1.14 bits per heavy atom. The molecule has 1 aromatic carbocycles. The average molecular weight is 280 g/mol. The van der Waals surface area contributed by atoms with Crippen molar-refractivity contribution in [2.75, 3.05) is 0 Å². The van der Waals surface area contributed by atoms with Gasteiger partial charge in [-0.15, -0.1) is 0 Å². The second-order valence-electron chi connectivity index (χ2n) is 5.17. The number of hydrogen-bond donors (Lipinski definition) is 1. The van der Waals surface area contributed by atoms with Gasteiger partial charge in [-0.1, -0.05) is 30.3 Å². The summed E-state index contributed by atoms with van der Waals surface area (Å²) < 4.78 is 2.17. The van der Waals surface area contributed by atoms with Crippen molar-refractivity contribution in [3.63, 3.8) is 0 Å². The van der Waals surface area contributed by atoms with Crippen molar-refractivity contribution in [1.29, 1.82) is 0 Å². The molecule has 0 aliphatic rings.